The summed E-state index contributed by atoms with van der Waals surface area (Å²) in [5.74, 6) is 0. The van der Waals surface area contributed by atoms with E-state index < -0.39 is 8.03 Å². The van der Waals surface area contributed by atoms with Crippen molar-refractivity contribution in [1.82, 2.24) is 4.98 Å². The average molecular weight is 294 g/mol. The van der Waals surface area contributed by atoms with E-state index in [2.05, 4.69) is 4.98 Å². The Morgan fingerprint density at radius 1 is 1.37 bits per heavy atom. The molecule has 2 N–H and O–H groups in total. The van der Waals surface area contributed by atoms with Crippen LogP contribution in [-0.2, 0) is 9.09 Å². The normalized spacial score (nSPS) is 12.3. The largest absolute Gasteiger partial charge is 0.398 e. The molecule has 100 valence electrons. The molecule has 0 saturated carbocycles. The molecule has 1 aromatic carbocycles. The molecule has 4 nitrogen and oxygen atoms in total. The van der Waals surface area contributed by atoms with Gasteiger partial charge >= 0.3 is 0 Å². The number of anilines is 1. The molecule has 0 bridgehead atoms. The van der Waals surface area contributed by atoms with E-state index in [1.165, 1.54) is 18.9 Å². The van der Waals surface area contributed by atoms with Gasteiger partial charge in [-0.25, -0.2) is 4.98 Å². The van der Waals surface area contributed by atoms with Crippen LogP contribution in [0.25, 0.3) is 0 Å². The van der Waals surface area contributed by atoms with Crippen LogP contribution in [0.4, 0.5) is 5.69 Å². The molecule has 2 aromatic rings. The van der Waals surface area contributed by atoms with Gasteiger partial charge in [-0.2, -0.15) is 0 Å². The minimum Gasteiger partial charge on any atom is -0.398 e. The molecule has 2 rings (SSSR count). The number of rotatable bonds is 4. The third-order valence-corrected chi connectivity index (χ3v) is 4.96. The van der Waals surface area contributed by atoms with E-state index >= 15 is 0 Å². The van der Waals surface area contributed by atoms with E-state index in [0.29, 0.717) is 11.0 Å². The van der Waals surface area contributed by atoms with Crippen LogP contribution in [-0.4, -0.2) is 12.1 Å². The van der Waals surface area contributed by atoms with Gasteiger partial charge in [0.25, 0.3) is 0 Å². The number of hydrogen-bond acceptors (Lipinski definition) is 5. The average Bonchev–Trinajstić information content (AvgIpc) is 2.42. The Bertz CT molecular complexity index is 605. The molecule has 1 heterocycles. The summed E-state index contributed by atoms with van der Waals surface area (Å²) < 4.78 is 16.7. The van der Waals surface area contributed by atoms with Crippen LogP contribution in [0.1, 0.15) is 5.56 Å². The minimum atomic E-state index is -2.28. The van der Waals surface area contributed by atoms with Crippen molar-refractivity contribution in [3.63, 3.8) is 0 Å². The molecule has 0 fully saturated rings. The van der Waals surface area contributed by atoms with Crippen LogP contribution in [0.2, 0.25) is 0 Å². The molecule has 0 amide bonds. The highest BCUT2D eigenvalue weighted by Crippen LogP contribution is 2.33. The zero-order chi connectivity index (χ0) is 13.8. The molecule has 6 heteroatoms. The van der Waals surface area contributed by atoms with Gasteiger partial charge in [0.15, 0.2) is 0 Å². The van der Waals surface area contributed by atoms with E-state index in [0.717, 1.165) is 15.5 Å². The van der Waals surface area contributed by atoms with Crippen LogP contribution in [0.5, 0.6) is 0 Å². The molecule has 0 spiro atoms. The highest BCUT2D eigenvalue weighted by Gasteiger charge is 2.11. The zero-order valence-electron chi connectivity index (χ0n) is 10.7. The Morgan fingerprint density at radius 2 is 2.16 bits per heavy atom. The van der Waals surface area contributed by atoms with Crippen LogP contribution in [0, 0.1) is 6.92 Å². The maximum absolute atomic E-state index is 11.8. The molecule has 0 aliphatic carbocycles. The van der Waals surface area contributed by atoms with Crippen molar-refractivity contribution in [2.45, 2.75) is 16.8 Å². The van der Waals surface area contributed by atoms with Crippen LogP contribution < -0.4 is 11.0 Å². The number of aryl methyl sites for hydroxylation is 1. The van der Waals surface area contributed by atoms with Crippen molar-refractivity contribution in [2.75, 3.05) is 12.8 Å². The molecular formula is C13H15N2O2PS. The summed E-state index contributed by atoms with van der Waals surface area (Å²) in [6.07, 6.45) is 1.74. The quantitative estimate of drug-likeness (QED) is 0.694. The van der Waals surface area contributed by atoms with E-state index in [1.807, 2.05) is 37.3 Å². The predicted octanol–water partition coefficient (Wildman–Crippen LogP) is 2.87. The van der Waals surface area contributed by atoms with Gasteiger partial charge in [0, 0.05) is 23.9 Å². The Balaban J connectivity index is 2.38. The molecule has 1 atom stereocenters. The molecule has 0 aliphatic heterocycles. The number of hydrogen-bond donors (Lipinski definition) is 1. The first-order valence-corrected chi connectivity index (χ1v) is 7.82. The lowest BCUT2D eigenvalue weighted by Crippen LogP contribution is -2.07. The van der Waals surface area contributed by atoms with Crippen molar-refractivity contribution < 1.29 is 9.09 Å². The molecule has 19 heavy (non-hydrogen) atoms. The maximum Gasteiger partial charge on any atom is 0.222 e. The summed E-state index contributed by atoms with van der Waals surface area (Å²) >= 11 is 1.52. The first kappa shape index (κ1) is 14.1. The Kier molecular flexibility index (Phi) is 4.64. The predicted molar refractivity (Wildman–Crippen MR) is 79.6 cm³/mol. The van der Waals surface area contributed by atoms with E-state index in [9.17, 15) is 4.57 Å². The van der Waals surface area contributed by atoms with Gasteiger partial charge in [-0.15, -0.1) is 0 Å². The van der Waals surface area contributed by atoms with Crippen molar-refractivity contribution in [3.8, 4) is 0 Å². The summed E-state index contributed by atoms with van der Waals surface area (Å²) in [5.41, 5.74) is 7.42. The van der Waals surface area contributed by atoms with Gasteiger partial charge < -0.3 is 10.3 Å². The fraction of sp³-hybridized carbons (Fsp3) is 0.154. The lowest BCUT2D eigenvalue weighted by molar-refractivity contribution is 0.423. The van der Waals surface area contributed by atoms with Gasteiger partial charge in [0.2, 0.25) is 8.03 Å². The number of pyridine rings is 1. The first-order chi connectivity index (χ1) is 9.11. The summed E-state index contributed by atoms with van der Waals surface area (Å²) in [6, 6.07) is 9.38. The number of nitrogens with zero attached hydrogens (tertiary/aromatic N) is 1. The lowest BCUT2D eigenvalue weighted by atomic mass is 10.2. The third-order valence-electron chi connectivity index (χ3n) is 2.60. The summed E-state index contributed by atoms with van der Waals surface area (Å²) in [6.45, 7) is 1.97. The third kappa shape index (κ3) is 3.38. The SMILES string of the molecule is CO[PH](=O)c1cc(Sc2ccccn2)c(C)cc1N. The smallest absolute Gasteiger partial charge is 0.222 e. The van der Waals surface area contributed by atoms with Crippen molar-refractivity contribution in [1.29, 1.82) is 0 Å². The molecule has 0 saturated heterocycles. The molecule has 0 radical (unpaired) electrons. The lowest BCUT2D eigenvalue weighted by Gasteiger charge is -2.10. The van der Waals surface area contributed by atoms with E-state index in [1.54, 1.807) is 6.20 Å². The van der Waals surface area contributed by atoms with Crippen LogP contribution in [0.15, 0.2) is 46.5 Å². The van der Waals surface area contributed by atoms with Crippen molar-refractivity contribution in [2.24, 2.45) is 0 Å². The minimum absolute atomic E-state index is 0.508. The standard InChI is InChI=1S/C13H15N2O2PS/c1-9-7-10(14)11(18(16)17-2)8-12(9)19-13-5-3-4-6-15-13/h3-8,18H,14H2,1-2H3. The second-order valence-corrected chi connectivity index (χ2v) is 6.55. The van der Waals surface area contributed by atoms with E-state index in [-0.39, 0.29) is 0 Å². The first-order valence-electron chi connectivity index (χ1n) is 5.69. The number of aromatic nitrogens is 1. The van der Waals surface area contributed by atoms with Crippen LogP contribution >= 0.6 is 19.8 Å². The number of benzene rings is 1. The van der Waals surface area contributed by atoms with Crippen molar-refractivity contribution in [3.05, 3.63) is 42.1 Å². The van der Waals surface area contributed by atoms with Gasteiger partial charge in [-0.3, -0.25) is 4.57 Å². The van der Waals surface area contributed by atoms with Gasteiger partial charge in [-0.1, -0.05) is 17.8 Å². The molecule has 1 unspecified atom stereocenters. The number of nitrogens with two attached hydrogens (primary N) is 1. The highest BCUT2D eigenvalue weighted by molar-refractivity contribution is 7.99. The Morgan fingerprint density at radius 3 is 2.79 bits per heavy atom. The Labute approximate surface area is 117 Å². The topological polar surface area (TPSA) is 65.2 Å². The number of nitrogen functional groups attached to an aromatic ring is 1. The summed E-state index contributed by atoms with van der Waals surface area (Å²) in [4.78, 5) is 5.25. The fourth-order valence-corrected chi connectivity index (χ4v) is 3.40. The summed E-state index contributed by atoms with van der Waals surface area (Å²) in [5, 5.41) is 1.45. The highest BCUT2D eigenvalue weighted by atomic mass is 32.2. The van der Waals surface area contributed by atoms with Crippen molar-refractivity contribution >= 4 is 30.8 Å². The molecular weight excluding hydrogens is 279 g/mol. The molecule has 1 aromatic heterocycles. The maximum atomic E-state index is 11.8. The fourth-order valence-electron chi connectivity index (χ4n) is 1.63. The van der Waals surface area contributed by atoms with E-state index in [4.69, 9.17) is 10.3 Å². The second kappa shape index (κ2) is 6.24. The Hall–Kier alpha value is -1.29. The summed E-state index contributed by atoms with van der Waals surface area (Å²) in [7, 11) is -0.852. The monoisotopic (exact) mass is 294 g/mol. The van der Waals surface area contributed by atoms with Gasteiger partial charge in [0.05, 0.1) is 5.30 Å². The molecule has 0 aliphatic rings. The zero-order valence-corrected chi connectivity index (χ0v) is 12.5. The van der Waals surface area contributed by atoms with Gasteiger partial charge in [-0.05, 0) is 36.8 Å². The van der Waals surface area contributed by atoms with Gasteiger partial charge in [0.1, 0.15) is 5.03 Å². The van der Waals surface area contributed by atoms with Crippen LogP contribution in [0.3, 0.4) is 0 Å². The second-order valence-electron chi connectivity index (χ2n) is 3.97.